The first-order chi connectivity index (χ1) is 6.25. The van der Waals surface area contributed by atoms with E-state index < -0.39 is 23.7 Å². The van der Waals surface area contributed by atoms with Crippen LogP contribution in [0.5, 0.6) is 0 Å². The van der Waals surface area contributed by atoms with Crippen molar-refractivity contribution in [2.75, 3.05) is 13.6 Å². The molecule has 4 nitrogen and oxygen atoms in total. The van der Waals surface area contributed by atoms with Gasteiger partial charge in [-0.1, -0.05) is 20.8 Å². The molecule has 82 valence electrons. The third-order valence-electron chi connectivity index (χ3n) is 2.68. The van der Waals surface area contributed by atoms with Crippen LogP contribution in [-0.2, 0) is 4.79 Å². The van der Waals surface area contributed by atoms with Crippen LogP contribution in [0.25, 0.3) is 0 Å². The molecule has 0 bridgehead atoms. The molecule has 4 heteroatoms. The van der Waals surface area contributed by atoms with Gasteiger partial charge in [-0.25, -0.2) is 0 Å². The fourth-order valence-electron chi connectivity index (χ4n) is 1.79. The van der Waals surface area contributed by atoms with Crippen molar-refractivity contribution in [2.45, 2.75) is 39.0 Å². The second-order valence-electron chi connectivity index (χ2n) is 5.06. The maximum absolute atomic E-state index is 11.9. The van der Waals surface area contributed by atoms with Crippen molar-refractivity contribution < 1.29 is 15.0 Å². The Hall–Kier alpha value is -0.450. The maximum Gasteiger partial charge on any atom is 0.157 e. The first-order valence-corrected chi connectivity index (χ1v) is 4.86. The highest BCUT2D eigenvalue weighted by Crippen LogP contribution is 2.26. The van der Waals surface area contributed by atoms with Crippen molar-refractivity contribution in [1.82, 2.24) is 4.90 Å². The largest absolute Gasteiger partial charge is 0.389 e. The van der Waals surface area contributed by atoms with E-state index in [0.29, 0.717) is 6.54 Å². The van der Waals surface area contributed by atoms with E-state index in [-0.39, 0.29) is 5.78 Å². The minimum atomic E-state index is -0.952. The average Bonchev–Trinajstić information content (AvgIpc) is 2.24. The molecule has 0 radical (unpaired) electrons. The number of carbonyl (C=O) groups excluding carboxylic acids is 1. The molecule has 1 aliphatic heterocycles. The number of likely N-dealkylation sites (tertiary alicyclic amines) is 1. The summed E-state index contributed by atoms with van der Waals surface area (Å²) in [5, 5.41) is 19.1. The third kappa shape index (κ3) is 1.97. The predicted molar refractivity (Wildman–Crippen MR) is 52.9 cm³/mol. The Morgan fingerprint density at radius 3 is 2.14 bits per heavy atom. The SMILES string of the molecule is CN1CC(O)C(O)C1C(=O)C(C)(C)C. The number of hydrogen-bond acceptors (Lipinski definition) is 4. The van der Waals surface area contributed by atoms with Crippen LogP contribution in [0.4, 0.5) is 0 Å². The number of ketones is 1. The van der Waals surface area contributed by atoms with Crippen molar-refractivity contribution >= 4 is 5.78 Å². The lowest BCUT2D eigenvalue weighted by atomic mass is 9.84. The van der Waals surface area contributed by atoms with Gasteiger partial charge in [0.05, 0.1) is 12.1 Å². The lowest BCUT2D eigenvalue weighted by Gasteiger charge is -2.27. The van der Waals surface area contributed by atoms with Crippen LogP contribution >= 0.6 is 0 Å². The Balaban J connectivity index is 2.83. The topological polar surface area (TPSA) is 60.8 Å². The summed E-state index contributed by atoms with van der Waals surface area (Å²) >= 11 is 0. The summed E-state index contributed by atoms with van der Waals surface area (Å²) < 4.78 is 0. The molecule has 0 aromatic rings. The van der Waals surface area contributed by atoms with E-state index >= 15 is 0 Å². The molecule has 0 aromatic carbocycles. The van der Waals surface area contributed by atoms with Gasteiger partial charge in [-0.2, -0.15) is 0 Å². The predicted octanol–water partition coefficient (Wildman–Crippen LogP) is -0.363. The summed E-state index contributed by atoms with van der Waals surface area (Å²) in [5.74, 6) is -0.0240. The van der Waals surface area contributed by atoms with Crippen LogP contribution in [0.15, 0.2) is 0 Å². The standard InChI is InChI=1S/C10H19NO3/c1-10(2,3)9(14)7-8(13)6(12)5-11(7)4/h6-8,12-13H,5H2,1-4H3. The highest BCUT2D eigenvalue weighted by Gasteiger charge is 2.45. The first-order valence-electron chi connectivity index (χ1n) is 4.86. The first kappa shape index (κ1) is 11.6. The molecular weight excluding hydrogens is 182 g/mol. The molecular formula is C10H19NO3. The Morgan fingerprint density at radius 2 is 1.86 bits per heavy atom. The minimum absolute atomic E-state index is 0.0240. The van der Waals surface area contributed by atoms with Gasteiger partial charge in [0.1, 0.15) is 6.10 Å². The van der Waals surface area contributed by atoms with Gasteiger partial charge in [0.15, 0.2) is 5.78 Å². The monoisotopic (exact) mass is 201 g/mol. The highest BCUT2D eigenvalue weighted by atomic mass is 16.3. The van der Waals surface area contributed by atoms with Crippen LogP contribution in [0.2, 0.25) is 0 Å². The van der Waals surface area contributed by atoms with Gasteiger partial charge in [-0.15, -0.1) is 0 Å². The van der Waals surface area contributed by atoms with Crippen molar-refractivity contribution in [3.05, 3.63) is 0 Å². The molecule has 1 fully saturated rings. The van der Waals surface area contributed by atoms with Gasteiger partial charge in [-0.05, 0) is 7.05 Å². The fourth-order valence-corrected chi connectivity index (χ4v) is 1.79. The maximum atomic E-state index is 11.9. The lowest BCUT2D eigenvalue weighted by Crippen LogP contribution is -2.46. The number of likely N-dealkylation sites (N-methyl/N-ethyl adjacent to an activating group) is 1. The number of aliphatic hydroxyl groups excluding tert-OH is 2. The minimum Gasteiger partial charge on any atom is -0.389 e. The van der Waals surface area contributed by atoms with Crippen LogP contribution in [0.3, 0.4) is 0 Å². The Morgan fingerprint density at radius 1 is 1.36 bits per heavy atom. The summed E-state index contributed by atoms with van der Waals surface area (Å²) in [5.41, 5.74) is -0.482. The Bertz CT molecular complexity index is 234. The smallest absolute Gasteiger partial charge is 0.157 e. The number of hydrogen-bond donors (Lipinski definition) is 2. The summed E-state index contributed by atoms with van der Waals surface area (Å²) in [7, 11) is 1.74. The van der Waals surface area contributed by atoms with E-state index in [1.165, 1.54) is 0 Å². The summed E-state index contributed by atoms with van der Waals surface area (Å²) in [6.45, 7) is 5.81. The van der Waals surface area contributed by atoms with Crippen molar-refractivity contribution in [1.29, 1.82) is 0 Å². The molecule has 1 rings (SSSR count). The summed E-state index contributed by atoms with van der Waals surface area (Å²) in [6.07, 6.45) is -1.76. The molecule has 0 saturated carbocycles. The zero-order valence-corrected chi connectivity index (χ0v) is 9.19. The van der Waals surface area contributed by atoms with E-state index in [1.54, 1.807) is 11.9 Å². The summed E-state index contributed by atoms with van der Waals surface area (Å²) in [6, 6.07) is -0.565. The average molecular weight is 201 g/mol. The zero-order valence-electron chi connectivity index (χ0n) is 9.19. The number of nitrogens with zero attached hydrogens (tertiary/aromatic N) is 1. The number of aliphatic hydroxyl groups is 2. The molecule has 0 amide bonds. The van der Waals surface area contributed by atoms with Crippen LogP contribution in [0.1, 0.15) is 20.8 Å². The third-order valence-corrected chi connectivity index (χ3v) is 2.68. The molecule has 3 unspecified atom stereocenters. The van der Waals surface area contributed by atoms with Gasteiger partial charge >= 0.3 is 0 Å². The molecule has 0 spiro atoms. The molecule has 2 N–H and O–H groups in total. The van der Waals surface area contributed by atoms with Gasteiger partial charge in [-0.3, -0.25) is 9.69 Å². The van der Waals surface area contributed by atoms with Gasteiger partial charge in [0, 0.05) is 12.0 Å². The van der Waals surface area contributed by atoms with Crippen LogP contribution in [0, 0.1) is 5.41 Å². The van der Waals surface area contributed by atoms with E-state index in [0.717, 1.165) is 0 Å². The van der Waals surface area contributed by atoms with E-state index in [1.807, 2.05) is 20.8 Å². The van der Waals surface area contributed by atoms with Crippen molar-refractivity contribution in [3.8, 4) is 0 Å². The second-order valence-corrected chi connectivity index (χ2v) is 5.06. The number of Topliss-reactive ketones (excluding diaryl/α,β-unsaturated/α-hetero) is 1. The van der Waals surface area contributed by atoms with Crippen molar-refractivity contribution in [3.63, 3.8) is 0 Å². The molecule has 3 atom stereocenters. The fraction of sp³-hybridized carbons (Fsp3) is 0.900. The normalized spacial score (nSPS) is 34.9. The molecule has 1 saturated heterocycles. The Labute approximate surface area is 84.5 Å². The number of β-amino-alcohol motifs (C(OH)–C–C–N with tert-alkyl or cyclic N) is 1. The van der Waals surface area contributed by atoms with Crippen molar-refractivity contribution in [2.24, 2.45) is 5.41 Å². The second kappa shape index (κ2) is 3.61. The zero-order chi connectivity index (χ0) is 11.1. The molecule has 0 aromatic heterocycles. The molecule has 14 heavy (non-hydrogen) atoms. The lowest BCUT2D eigenvalue weighted by molar-refractivity contribution is -0.133. The quantitative estimate of drug-likeness (QED) is 0.608. The van der Waals surface area contributed by atoms with E-state index in [2.05, 4.69) is 0 Å². The Kier molecular flexibility index (Phi) is 2.99. The van der Waals surface area contributed by atoms with Crippen LogP contribution < -0.4 is 0 Å². The highest BCUT2D eigenvalue weighted by molar-refractivity contribution is 5.89. The van der Waals surface area contributed by atoms with Gasteiger partial charge < -0.3 is 10.2 Å². The molecule has 1 heterocycles. The molecule has 1 aliphatic rings. The number of rotatable bonds is 1. The molecule has 0 aliphatic carbocycles. The van der Waals surface area contributed by atoms with Crippen LogP contribution in [-0.4, -0.2) is 52.7 Å². The number of carbonyl (C=O) groups is 1. The van der Waals surface area contributed by atoms with E-state index in [4.69, 9.17) is 0 Å². The summed E-state index contributed by atoms with van der Waals surface area (Å²) in [4.78, 5) is 13.6. The van der Waals surface area contributed by atoms with Gasteiger partial charge in [0.2, 0.25) is 0 Å². The van der Waals surface area contributed by atoms with E-state index in [9.17, 15) is 15.0 Å². The van der Waals surface area contributed by atoms with Gasteiger partial charge in [0.25, 0.3) is 0 Å².